The topological polar surface area (TPSA) is 65.8 Å². The minimum absolute atomic E-state index is 0.0160. The lowest BCUT2D eigenvalue weighted by Gasteiger charge is -2.22. The number of hydrogen-bond acceptors (Lipinski definition) is 4. The third kappa shape index (κ3) is 4.05. The predicted molar refractivity (Wildman–Crippen MR) is 114 cm³/mol. The molecule has 1 aliphatic heterocycles. The van der Waals surface area contributed by atoms with Crippen molar-refractivity contribution in [2.75, 3.05) is 10.2 Å². The first kappa shape index (κ1) is 18.9. The van der Waals surface area contributed by atoms with Gasteiger partial charge in [0.05, 0.1) is 24.9 Å². The summed E-state index contributed by atoms with van der Waals surface area (Å²) in [4.78, 5) is 29.1. The molecule has 1 fully saturated rings. The first-order chi connectivity index (χ1) is 14.1. The molecule has 4 rings (SSSR count). The lowest BCUT2D eigenvalue weighted by molar-refractivity contribution is -0.124. The van der Waals surface area contributed by atoms with Crippen LogP contribution in [-0.2, 0) is 16.1 Å². The van der Waals surface area contributed by atoms with Crippen LogP contribution in [0.25, 0.3) is 0 Å². The first-order valence-corrected chi connectivity index (χ1v) is 9.61. The largest absolute Gasteiger partial charge is 0.467 e. The van der Waals surface area contributed by atoms with Gasteiger partial charge in [-0.1, -0.05) is 36.4 Å². The van der Waals surface area contributed by atoms with Crippen LogP contribution in [-0.4, -0.2) is 27.9 Å². The maximum absolute atomic E-state index is 13.2. The molecule has 6 nitrogen and oxygen atoms in total. The summed E-state index contributed by atoms with van der Waals surface area (Å²) in [5.41, 5.74) is 1.36. The summed E-state index contributed by atoms with van der Waals surface area (Å²) >= 11 is 5.61. The summed E-state index contributed by atoms with van der Waals surface area (Å²) in [7, 11) is 0. The Labute approximate surface area is 173 Å². The number of amides is 2. The Balaban J connectivity index is 1.58. The normalized spacial score (nSPS) is 16.3. The van der Waals surface area contributed by atoms with Crippen molar-refractivity contribution >= 4 is 40.5 Å². The average Bonchev–Trinajstić information content (AvgIpc) is 3.32. The molecule has 2 heterocycles. The highest BCUT2D eigenvalue weighted by atomic mass is 32.1. The van der Waals surface area contributed by atoms with E-state index in [0.29, 0.717) is 28.8 Å². The third-order valence-corrected chi connectivity index (χ3v) is 5.09. The van der Waals surface area contributed by atoms with Crippen LogP contribution in [0.4, 0.5) is 11.4 Å². The van der Waals surface area contributed by atoms with Gasteiger partial charge in [0, 0.05) is 5.69 Å². The van der Waals surface area contributed by atoms with E-state index in [9.17, 15) is 9.59 Å². The SMILES string of the molecule is O=C(CC1C(=O)N(c2ccccc2)C(=S)N1Cc1ccco1)Nc1ccccc1. The number of benzene rings is 2. The van der Waals surface area contributed by atoms with Crippen LogP contribution in [0.3, 0.4) is 0 Å². The number of nitrogens with zero attached hydrogens (tertiary/aromatic N) is 2. The summed E-state index contributed by atoms with van der Waals surface area (Å²) in [5.74, 6) is 0.191. The second-order valence-electron chi connectivity index (χ2n) is 6.63. The van der Waals surface area contributed by atoms with E-state index in [0.717, 1.165) is 0 Å². The second kappa shape index (κ2) is 8.28. The van der Waals surface area contributed by atoms with Gasteiger partial charge in [-0.05, 0) is 48.6 Å². The molecular weight excluding hydrogens is 386 g/mol. The van der Waals surface area contributed by atoms with Gasteiger partial charge in [0.1, 0.15) is 11.8 Å². The molecule has 0 radical (unpaired) electrons. The van der Waals surface area contributed by atoms with E-state index < -0.39 is 6.04 Å². The van der Waals surface area contributed by atoms with Crippen molar-refractivity contribution in [1.29, 1.82) is 0 Å². The van der Waals surface area contributed by atoms with E-state index in [1.54, 1.807) is 29.4 Å². The van der Waals surface area contributed by atoms with Crippen molar-refractivity contribution in [3.63, 3.8) is 0 Å². The molecule has 0 aliphatic carbocycles. The number of carbonyl (C=O) groups excluding carboxylic acids is 2. The summed E-state index contributed by atoms with van der Waals surface area (Å²) in [6.45, 7) is 0.310. The van der Waals surface area contributed by atoms with Crippen LogP contribution in [0.2, 0.25) is 0 Å². The van der Waals surface area contributed by atoms with Crippen molar-refractivity contribution in [2.45, 2.75) is 19.0 Å². The standard InChI is InChI=1S/C22H19N3O3S/c26-20(23-16-8-3-1-4-9-16)14-19-21(27)25(17-10-5-2-6-11-17)22(29)24(19)15-18-12-7-13-28-18/h1-13,19H,14-15H2,(H,23,26). The van der Waals surface area contributed by atoms with Gasteiger partial charge in [0.2, 0.25) is 5.91 Å². The minimum atomic E-state index is -0.712. The van der Waals surface area contributed by atoms with E-state index in [2.05, 4.69) is 5.32 Å². The highest BCUT2D eigenvalue weighted by molar-refractivity contribution is 7.80. The summed E-state index contributed by atoms with van der Waals surface area (Å²) < 4.78 is 5.44. The predicted octanol–water partition coefficient (Wildman–Crippen LogP) is 3.81. The Bertz CT molecular complexity index is 1010. The summed E-state index contributed by atoms with van der Waals surface area (Å²) in [5, 5.41) is 3.19. The molecule has 1 saturated heterocycles. The van der Waals surface area contributed by atoms with Crippen molar-refractivity contribution in [3.8, 4) is 0 Å². The smallest absolute Gasteiger partial charge is 0.256 e. The number of anilines is 2. The van der Waals surface area contributed by atoms with Gasteiger partial charge in [0.25, 0.3) is 5.91 Å². The molecule has 0 saturated carbocycles. The maximum Gasteiger partial charge on any atom is 0.256 e. The van der Waals surface area contributed by atoms with Crippen molar-refractivity contribution in [1.82, 2.24) is 4.90 Å². The molecule has 2 amide bonds. The Morgan fingerprint density at radius 1 is 1.00 bits per heavy atom. The number of thiocarbonyl (C=S) groups is 1. The summed E-state index contributed by atoms with van der Waals surface area (Å²) in [6, 6.07) is 21.2. The zero-order chi connectivity index (χ0) is 20.2. The molecule has 146 valence electrons. The van der Waals surface area contributed by atoms with E-state index in [1.807, 2.05) is 54.6 Å². The number of carbonyl (C=O) groups is 2. The molecule has 1 aliphatic rings. The van der Waals surface area contributed by atoms with Gasteiger partial charge in [-0.25, -0.2) is 0 Å². The molecule has 3 aromatic rings. The monoisotopic (exact) mass is 405 g/mol. The molecular formula is C22H19N3O3S. The van der Waals surface area contributed by atoms with Gasteiger partial charge in [-0.2, -0.15) is 0 Å². The fraction of sp³-hybridized carbons (Fsp3) is 0.136. The Morgan fingerprint density at radius 3 is 2.34 bits per heavy atom. The molecule has 2 aromatic carbocycles. The van der Waals surface area contributed by atoms with Crippen molar-refractivity contribution in [2.24, 2.45) is 0 Å². The van der Waals surface area contributed by atoms with Crippen LogP contribution >= 0.6 is 12.2 Å². The Kier molecular flexibility index (Phi) is 5.39. The number of nitrogens with one attached hydrogen (secondary N) is 1. The molecule has 1 aromatic heterocycles. The van der Waals surface area contributed by atoms with Crippen LogP contribution in [0.15, 0.2) is 83.5 Å². The number of hydrogen-bond donors (Lipinski definition) is 1. The van der Waals surface area contributed by atoms with E-state index in [4.69, 9.17) is 16.6 Å². The van der Waals surface area contributed by atoms with Crippen molar-refractivity contribution < 1.29 is 14.0 Å². The Hall–Kier alpha value is -3.45. The van der Waals surface area contributed by atoms with E-state index in [-0.39, 0.29) is 18.2 Å². The molecule has 0 bridgehead atoms. The highest BCUT2D eigenvalue weighted by Gasteiger charge is 2.44. The van der Waals surface area contributed by atoms with Crippen LogP contribution in [0.1, 0.15) is 12.2 Å². The minimum Gasteiger partial charge on any atom is -0.467 e. The maximum atomic E-state index is 13.2. The van der Waals surface area contributed by atoms with Crippen LogP contribution in [0, 0.1) is 0 Å². The zero-order valence-corrected chi connectivity index (χ0v) is 16.3. The van der Waals surface area contributed by atoms with E-state index in [1.165, 1.54) is 4.90 Å². The zero-order valence-electron chi connectivity index (χ0n) is 15.5. The fourth-order valence-corrected chi connectivity index (χ4v) is 3.70. The second-order valence-corrected chi connectivity index (χ2v) is 7.00. The van der Waals surface area contributed by atoms with Gasteiger partial charge in [0.15, 0.2) is 5.11 Å². The van der Waals surface area contributed by atoms with Gasteiger partial charge in [-0.3, -0.25) is 14.5 Å². The molecule has 1 N–H and O–H groups in total. The molecule has 1 unspecified atom stereocenters. The number of furan rings is 1. The average molecular weight is 405 g/mol. The van der Waals surface area contributed by atoms with E-state index >= 15 is 0 Å². The molecule has 0 spiro atoms. The van der Waals surface area contributed by atoms with Gasteiger partial charge in [-0.15, -0.1) is 0 Å². The lowest BCUT2D eigenvalue weighted by atomic mass is 10.1. The molecule has 29 heavy (non-hydrogen) atoms. The fourth-order valence-electron chi connectivity index (χ4n) is 3.31. The van der Waals surface area contributed by atoms with Crippen LogP contribution < -0.4 is 10.2 Å². The Morgan fingerprint density at radius 2 is 1.69 bits per heavy atom. The molecule has 7 heteroatoms. The first-order valence-electron chi connectivity index (χ1n) is 9.20. The van der Waals surface area contributed by atoms with Gasteiger partial charge >= 0.3 is 0 Å². The number of para-hydroxylation sites is 2. The molecule has 1 atom stereocenters. The lowest BCUT2D eigenvalue weighted by Crippen LogP contribution is -2.37. The van der Waals surface area contributed by atoms with Crippen LogP contribution in [0.5, 0.6) is 0 Å². The summed E-state index contributed by atoms with van der Waals surface area (Å²) in [6.07, 6.45) is 1.56. The highest BCUT2D eigenvalue weighted by Crippen LogP contribution is 2.28. The van der Waals surface area contributed by atoms with Crippen molar-refractivity contribution in [3.05, 3.63) is 84.8 Å². The number of rotatable bonds is 6. The van der Waals surface area contributed by atoms with Gasteiger partial charge < -0.3 is 14.6 Å². The quantitative estimate of drug-likeness (QED) is 0.632. The third-order valence-electron chi connectivity index (χ3n) is 4.68.